The fraction of sp³-hybridized carbons (Fsp3) is 0.345. The SMILES string of the molecule is CC=CN=C(N)c1nc(-c2ccc(Cl)cc2)[nH]c1C1CC=C(C(=O)NC)C(C(C=CCC)=CC)CC1. The summed E-state index contributed by atoms with van der Waals surface area (Å²) in [5.41, 5.74) is 10.9. The molecular weight excluding hydrogens is 470 g/mol. The number of benzene rings is 1. The quantitative estimate of drug-likeness (QED) is 0.219. The molecular formula is C29H36ClN5O. The Balaban J connectivity index is 2.05. The van der Waals surface area contributed by atoms with Gasteiger partial charge in [0.15, 0.2) is 5.84 Å². The van der Waals surface area contributed by atoms with Crippen molar-refractivity contribution in [1.29, 1.82) is 0 Å². The Kier molecular flexibility index (Phi) is 9.88. The second kappa shape index (κ2) is 13.1. The van der Waals surface area contributed by atoms with E-state index in [-0.39, 0.29) is 17.7 Å². The van der Waals surface area contributed by atoms with Crippen LogP contribution in [0.2, 0.25) is 5.02 Å². The number of aromatic amines is 1. The number of aliphatic imine (C=N–C) groups is 1. The number of amides is 1. The van der Waals surface area contributed by atoms with Crippen molar-refractivity contribution in [1.82, 2.24) is 15.3 Å². The third-order valence-electron chi connectivity index (χ3n) is 6.44. The number of halogens is 1. The van der Waals surface area contributed by atoms with Crippen LogP contribution < -0.4 is 11.1 Å². The number of amidine groups is 1. The van der Waals surface area contributed by atoms with Crippen LogP contribution in [0.5, 0.6) is 0 Å². The van der Waals surface area contributed by atoms with Gasteiger partial charge in [0.1, 0.15) is 11.5 Å². The molecule has 2 aromatic rings. The highest BCUT2D eigenvalue weighted by Crippen LogP contribution is 2.38. The summed E-state index contributed by atoms with van der Waals surface area (Å²) in [6.45, 7) is 6.03. The van der Waals surface area contributed by atoms with Crippen LogP contribution in [-0.4, -0.2) is 28.8 Å². The molecule has 0 spiro atoms. The Labute approximate surface area is 219 Å². The summed E-state index contributed by atoms with van der Waals surface area (Å²) >= 11 is 6.09. The maximum absolute atomic E-state index is 12.9. The second-order valence-electron chi connectivity index (χ2n) is 8.75. The molecule has 1 aromatic carbocycles. The van der Waals surface area contributed by atoms with Gasteiger partial charge in [-0.25, -0.2) is 9.98 Å². The van der Waals surface area contributed by atoms with Crippen molar-refractivity contribution in [2.24, 2.45) is 16.6 Å². The predicted octanol–water partition coefficient (Wildman–Crippen LogP) is 6.44. The molecule has 0 bridgehead atoms. The zero-order valence-corrected chi connectivity index (χ0v) is 22.3. The number of likely N-dealkylation sites (N-methyl/N-ethyl adjacent to an activating group) is 1. The number of nitrogens with two attached hydrogens (primary N) is 1. The lowest BCUT2D eigenvalue weighted by molar-refractivity contribution is -0.117. The van der Waals surface area contributed by atoms with Crippen molar-refractivity contribution < 1.29 is 4.79 Å². The lowest BCUT2D eigenvalue weighted by Crippen LogP contribution is -2.25. The third kappa shape index (κ3) is 6.43. The number of carbonyl (C=O) groups is 1. The first-order chi connectivity index (χ1) is 17.4. The van der Waals surface area contributed by atoms with Crippen molar-refractivity contribution in [3.05, 3.63) is 88.4 Å². The lowest BCUT2D eigenvalue weighted by atomic mass is 9.85. The standard InChI is InChI=1S/C29H36ClN5O/c1-5-8-9-19(7-3)23-16-12-20(13-17-24(23)29(36)32-4)25-26(27(31)33-18-6-2)35-28(34-25)21-10-14-22(30)15-11-21/h6-11,14-15,17-18,20,23H,5,12-13,16H2,1-4H3,(H2,31,33)(H,32,36)(H,34,35). The summed E-state index contributed by atoms with van der Waals surface area (Å²) in [6, 6.07) is 7.54. The number of hydrogen-bond acceptors (Lipinski definition) is 3. The summed E-state index contributed by atoms with van der Waals surface area (Å²) < 4.78 is 0. The Morgan fingerprint density at radius 3 is 2.67 bits per heavy atom. The Hall–Kier alpha value is -3.38. The zero-order valence-electron chi connectivity index (χ0n) is 21.5. The molecule has 1 aromatic heterocycles. The van der Waals surface area contributed by atoms with E-state index in [1.165, 1.54) is 0 Å². The van der Waals surface area contributed by atoms with Crippen LogP contribution in [0.25, 0.3) is 11.4 Å². The number of rotatable bonds is 8. The molecule has 0 saturated heterocycles. The van der Waals surface area contributed by atoms with Gasteiger partial charge in [0.2, 0.25) is 5.91 Å². The van der Waals surface area contributed by atoms with Crippen LogP contribution in [0.4, 0.5) is 0 Å². The Morgan fingerprint density at radius 2 is 2.03 bits per heavy atom. The fourth-order valence-electron chi connectivity index (χ4n) is 4.56. The van der Waals surface area contributed by atoms with Gasteiger partial charge < -0.3 is 16.0 Å². The molecule has 4 N–H and O–H groups in total. The van der Waals surface area contributed by atoms with Crippen molar-refractivity contribution in [3.63, 3.8) is 0 Å². The zero-order chi connectivity index (χ0) is 26.1. The van der Waals surface area contributed by atoms with E-state index < -0.39 is 0 Å². The molecule has 190 valence electrons. The van der Waals surface area contributed by atoms with Crippen LogP contribution in [-0.2, 0) is 4.79 Å². The molecule has 36 heavy (non-hydrogen) atoms. The number of nitrogens with one attached hydrogen (secondary N) is 2. The van der Waals surface area contributed by atoms with E-state index in [0.29, 0.717) is 28.8 Å². The van der Waals surface area contributed by atoms with E-state index in [2.05, 4.69) is 46.5 Å². The van der Waals surface area contributed by atoms with E-state index in [9.17, 15) is 4.79 Å². The van der Waals surface area contributed by atoms with Gasteiger partial charge in [0.25, 0.3) is 0 Å². The molecule has 0 fully saturated rings. The minimum Gasteiger partial charge on any atom is -0.382 e. The molecule has 0 aliphatic heterocycles. The van der Waals surface area contributed by atoms with Gasteiger partial charge in [0, 0.05) is 46.9 Å². The molecule has 0 radical (unpaired) electrons. The van der Waals surface area contributed by atoms with Crippen molar-refractivity contribution in [2.45, 2.75) is 52.4 Å². The summed E-state index contributed by atoms with van der Waals surface area (Å²) in [6.07, 6.45) is 15.3. The molecule has 2 atom stereocenters. The Bertz CT molecular complexity index is 1200. The molecule has 1 amide bonds. The van der Waals surface area contributed by atoms with Crippen LogP contribution in [0.1, 0.15) is 63.8 Å². The number of imidazole rings is 1. The average Bonchev–Trinajstić information content (AvgIpc) is 3.22. The maximum Gasteiger partial charge on any atom is 0.247 e. The largest absolute Gasteiger partial charge is 0.382 e. The fourth-order valence-corrected chi connectivity index (χ4v) is 4.69. The molecule has 6 nitrogen and oxygen atoms in total. The molecule has 1 heterocycles. The highest BCUT2D eigenvalue weighted by molar-refractivity contribution is 6.30. The number of H-pyrrole nitrogens is 1. The van der Waals surface area contributed by atoms with Crippen LogP contribution in [0, 0.1) is 5.92 Å². The molecule has 3 rings (SSSR count). The van der Waals surface area contributed by atoms with E-state index in [1.54, 1.807) is 13.2 Å². The van der Waals surface area contributed by atoms with Crippen LogP contribution >= 0.6 is 11.6 Å². The van der Waals surface area contributed by atoms with Gasteiger partial charge in [-0.2, -0.15) is 0 Å². The molecule has 2 unspecified atom stereocenters. The molecule has 0 saturated carbocycles. The van der Waals surface area contributed by atoms with Crippen LogP contribution in [0.15, 0.2) is 77.0 Å². The van der Waals surface area contributed by atoms with Gasteiger partial charge in [-0.3, -0.25) is 4.79 Å². The minimum atomic E-state index is -0.0363. The van der Waals surface area contributed by atoms with Gasteiger partial charge in [-0.15, -0.1) is 0 Å². The van der Waals surface area contributed by atoms with E-state index >= 15 is 0 Å². The molecule has 1 aliphatic rings. The van der Waals surface area contributed by atoms with Crippen molar-refractivity contribution >= 4 is 23.3 Å². The van der Waals surface area contributed by atoms with Crippen molar-refractivity contribution in [2.75, 3.05) is 7.05 Å². The molecule has 7 heteroatoms. The highest BCUT2D eigenvalue weighted by Gasteiger charge is 2.30. The lowest BCUT2D eigenvalue weighted by Gasteiger charge is -2.20. The number of nitrogens with zero attached hydrogens (tertiary/aromatic N) is 2. The van der Waals surface area contributed by atoms with E-state index in [4.69, 9.17) is 22.3 Å². The number of carbonyl (C=O) groups excluding carboxylic acids is 1. The predicted molar refractivity (Wildman–Crippen MR) is 150 cm³/mol. The Morgan fingerprint density at radius 1 is 1.28 bits per heavy atom. The minimum absolute atomic E-state index is 0.0268. The first-order valence-corrected chi connectivity index (χ1v) is 12.9. The van der Waals surface area contributed by atoms with Crippen molar-refractivity contribution in [3.8, 4) is 11.4 Å². The summed E-state index contributed by atoms with van der Waals surface area (Å²) in [4.78, 5) is 25.6. The van der Waals surface area contributed by atoms with E-state index in [1.807, 2.05) is 44.2 Å². The van der Waals surface area contributed by atoms with Gasteiger partial charge in [-0.05, 0) is 69.4 Å². The van der Waals surface area contributed by atoms with Gasteiger partial charge in [0.05, 0.1) is 0 Å². The summed E-state index contributed by atoms with van der Waals surface area (Å²) in [7, 11) is 1.68. The van der Waals surface area contributed by atoms with Gasteiger partial charge >= 0.3 is 0 Å². The third-order valence-corrected chi connectivity index (χ3v) is 6.69. The monoisotopic (exact) mass is 505 g/mol. The van der Waals surface area contributed by atoms with E-state index in [0.717, 1.165) is 41.7 Å². The number of hydrogen-bond donors (Lipinski definition) is 3. The average molecular weight is 506 g/mol. The number of allylic oxidation sites excluding steroid dienone is 6. The smallest absolute Gasteiger partial charge is 0.247 e. The first kappa shape index (κ1) is 27.2. The van der Waals surface area contributed by atoms with Crippen LogP contribution in [0.3, 0.4) is 0 Å². The molecule has 1 aliphatic carbocycles. The summed E-state index contributed by atoms with van der Waals surface area (Å²) in [5.74, 6) is 1.16. The van der Waals surface area contributed by atoms with Gasteiger partial charge in [-0.1, -0.05) is 48.9 Å². The maximum atomic E-state index is 12.9. The topological polar surface area (TPSA) is 96.2 Å². The summed E-state index contributed by atoms with van der Waals surface area (Å²) in [5, 5.41) is 3.49. The normalized spacial score (nSPS) is 19.5. The first-order valence-electron chi connectivity index (χ1n) is 12.5. The highest BCUT2D eigenvalue weighted by atomic mass is 35.5. The number of aromatic nitrogens is 2. The second-order valence-corrected chi connectivity index (χ2v) is 9.19.